The first kappa shape index (κ1) is 11.4. The molecule has 1 unspecified atom stereocenters. The molecule has 0 fully saturated rings. The van der Waals surface area contributed by atoms with Crippen molar-refractivity contribution in [3.05, 3.63) is 38.9 Å². The molecule has 1 atom stereocenters. The molecule has 15 heavy (non-hydrogen) atoms. The standard InChI is InChI=1S/C9H7ClN2O3/c1-6(11-5-13)7-2-3-8(10)9(4-7)12(14)15/h2-4,6H,1H3. The quantitative estimate of drug-likeness (QED) is 0.344. The third kappa shape index (κ3) is 2.62. The van der Waals surface area contributed by atoms with Gasteiger partial charge in [-0.15, -0.1) is 0 Å². The summed E-state index contributed by atoms with van der Waals surface area (Å²) in [6.45, 7) is 1.64. The number of aliphatic imine (C=N–C) groups is 1. The number of halogens is 1. The molecular weight excluding hydrogens is 220 g/mol. The molecular formula is C9H7ClN2O3. The van der Waals surface area contributed by atoms with Crippen LogP contribution in [-0.2, 0) is 4.79 Å². The second kappa shape index (κ2) is 4.68. The molecule has 6 heteroatoms. The number of nitrogens with zero attached hydrogens (tertiary/aromatic N) is 2. The Morgan fingerprint density at radius 3 is 2.80 bits per heavy atom. The van der Waals surface area contributed by atoms with E-state index >= 15 is 0 Å². The molecule has 0 aliphatic carbocycles. The SMILES string of the molecule is CC(N=C=O)c1ccc(Cl)c([N+](=O)[O-])c1. The zero-order valence-corrected chi connectivity index (χ0v) is 8.56. The first-order valence-electron chi connectivity index (χ1n) is 4.07. The highest BCUT2D eigenvalue weighted by atomic mass is 35.5. The van der Waals surface area contributed by atoms with E-state index in [2.05, 4.69) is 4.99 Å². The fraction of sp³-hybridized carbons (Fsp3) is 0.222. The van der Waals surface area contributed by atoms with Crippen LogP contribution in [0.5, 0.6) is 0 Å². The molecule has 0 radical (unpaired) electrons. The van der Waals surface area contributed by atoms with Crippen LogP contribution in [0.25, 0.3) is 0 Å². The van der Waals surface area contributed by atoms with Gasteiger partial charge in [0.2, 0.25) is 6.08 Å². The fourth-order valence-corrected chi connectivity index (χ4v) is 1.27. The van der Waals surface area contributed by atoms with Crippen molar-refractivity contribution >= 4 is 23.4 Å². The van der Waals surface area contributed by atoms with Crippen molar-refractivity contribution in [2.45, 2.75) is 13.0 Å². The van der Waals surface area contributed by atoms with Crippen LogP contribution in [0.15, 0.2) is 23.2 Å². The van der Waals surface area contributed by atoms with Gasteiger partial charge in [-0.25, -0.2) is 4.79 Å². The highest BCUT2D eigenvalue weighted by molar-refractivity contribution is 6.32. The smallest absolute Gasteiger partial charge is 0.258 e. The maximum atomic E-state index is 10.6. The number of hydrogen-bond acceptors (Lipinski definition) is 4. The van der Waals surface area contributed by atoms with E-state index in [1.807, 2.05) is 0 Å². The van der Waals surface area contributed by atoms with Crippen molar-refractivity contribution in [1.29, 1.82) is 0 Å². The molecule has 1 aromatic rings. The Hall–Kier alpha value is -1.71. The first-order valence-corrected chi connectivity index (χ1v) is 4.45. The van der Waals surface area contributed by atoms with Gasteiger partial charge in [-0.2, -0.15) is 4.99 Å². The average molecular weight is 227 g/mol. The summed E-state index contributed by atoms with van der Waals surface area (Å²) in [7, 11) is 0. The van der Waals surface area contributed by atoms with Crippen LogP contribution in [0.1, 0.15) is 18.5 Å². The maximum Gasteiger partial charge on any atom is 0.288 e. The lowest BCUT2D eigenvalue weighted by molar-refractivity contribution is -0.384. The number of carbonyl (C=O) groups excluding carboxylic acids is 1. The molecule has 0 bridgehead atoms. The summed E-state index contributed by atoms with van der Waals surface area (Å²) < 4.78 is 0. The highest BCUT2D eigenvalue weighted by Gasteiger charge is 2.15. The third-order valence-corrected chi connectivity index (χ3v) is 2.22. The first-order chi connectivity index (χ1) is 7.06. The number of nitro benzene ring substituents is 1. The third-order valence-electron chi connectivity index (χ3n) is 1.90. The van der Waals surface area contributed by atoms with Gasteiger partial charge < -0.3 is 0 Å². The number of benzene rings is 1. The average Bonchev–Trinajstić information content (AvgIpc) is 2.18. The molecule has 1 rings (SSSR count). The van der Waals surface area contributed by atoms with Crippen LogP contribution in [0.3, 0.4) is 0 Å². The van der Waals surface area contributed by atoms with Crippen molar-refractivity contribution in [2.24, 2.45) is 4.99 Å². The van der Waals surface area contributed by atoms with E-state index in [4.69, 9.17) is 11.6 Å². The summed E-state index contributed by atoms with van der Waals surface area (Å²) in [6, 6.07) is 3.83. The number of hydrogen-bond donors (Lipinski definition) is 0. The second-order valence-corrected chi connectivity index (χ2v) is 3.27. The minimum Gasteiger partial charge on any atom is -0.258 e. The molecule has 0 N–H and O–H groups in total. The van der Waals surface area contributed by atoms with Gasteiger partial charge in [-0.05, 0) is 18.6 Å². The van der Waals surface area contributed by atoms with Crippen LogP contribution in [0.2, 0.25) is 5.02 Å². The fourth-order valence-electron chi connectivity index (χ4n) is 1.08. The lowest BCUT2D eigenvalue weighted by Gasteiger charge is -2.04. The summed E-state index contributed by atoms with van der Waals surface area (Å²) in [4.78, 5) is 23.5. The maximum absolute atomic E-state index is 10.6. The molecule has 1 aromatic carbocycles. The minimum atomic E-state index is -0.580. The van der Waals surface area contributed by atoms with Crippen molar-refractivity contribution in [3.8, 4) is 0 Å². The lowest BCUT2D eigenvalue weighted by atomic mass is 10.1. The van der Waals surface area contributed by atoms with Crippen molar-refractivity contribution in [2.75, 3.05) is 0 Å². The zero-order valence-electron chi connectivity index (χ0n) is 7.81. The van der Waals surface area contributed by atoms with Crippen LogP contribution < -0.4 is 0 Å². The number of nitro groups is 1. The largest absolute Gasteiger partial charge is 0.288 e. The van der Waals surface area contributed by atoms with Gasteiger partial charge in [0, 0.05) is 6.07 Å². The van der Waals surface area contributed by atoms with Gasteiger partial charge in [0.15, 0.2) is 0 Å². The van der Waals surface area contributed by atoms with Gasteiger partial charge in [-0.3, -0.25) is 10.1 Å². The van der Waals surface area contributed by atoms with E-state index in [-0.39, 0.29) is 10.7 Å². The summed E-state index contributed by atoms with van der Waals surface area (Å²) in [5.74, 6) is 0. The molecule has 0 saturated heterocycles. The molecule has 78 valence electrons. The van der Waals surface area contributed by atoms with Gasteiger partial charge >= 0.3 is 0 Å². The Kier molecular flexibility index (Phi) is 3.55. The zero-order chi connectivity index (χ0) is 11.4. The van der Waals surface area contributed by atoms with Crippen LogP contribution in [-0.4, -0.2) is 11.0 Å². The van der Waals surface area contributed by atoms with E-state index in [1.165, 1.54) is 18.2 Å². The van der Waals surface area contributed by atoms with E-state index < -0.39 is 11.0 Å². The monoisotopic (exact) mass is 226 g/mol. The normalized spacial score (nSPS) is 11.6. The van der Waals surface area contributed by atoms with Crippen molar-refractivity contribution < 1.29 is 9.72 Å². The summed E-state index contributed by atoms with van der Waals surface area (Å²) >= 11 is 5.62. The molecule has 0 spiro atoms. The van der Waals surface area contributed by atoms with E-state index in [1.54, 1.807) is 13.0 Å². The Balaban J connectivity index is 3.18. The Morgan fingerprint density at radius 2 is 2.27 bits per heavy atom. The highest BCUT2D eigenvalue weighted by Crippen LogP contribution is 2.28. The minimum absolute atomic E-state index is 0.0611. The molecule has 5 nitrogen and oxygen atoms in total. The molecule has 0 amide bonds. The topological polar surface area (TPSA) is 72.6 Å². The molecule has 0 aromatic heterocycles. The van der Waals surface area contributed by atoms with Gasteiger partial charge in [0.05, 0.1) is 11.0 Å². The van der Waals surface area contributed by atoms with Gasteiger partial charge in [0.25, 0.3) is 5.69 Å². The van der Waals surface area contributed by atoms with Crippen LogP contribution in [0, 0.1) is 10.1 Å². The summed E-state index contributed by atoms with van der Waals surface area (Å²) in [6.07, 6.45) is 1.40. The van der Waals surface area contributed by atoms with Crippen molar-refractivity contribution in [1.82, 2.24) is 0 Å². The predicted octanol–water partition coefficient (Wildman–Crippen LogP) is 2.65. The molecule has 0 heterocycles. The second-order valence-electron chi connectivity index (χ2n) is 2.86. The van der Waals surface area contributed by atoms with Crippen LogP contribution >= 0.6 is 11.6 Å². The molecule has 0 saturated carbocycles. The van der Waals surface area contributed by atoms with Crippen LogP contribution in [0.4, 0.5) is 5.69 Å². The van der Waals surface area contributed by atoms with Gasteiger partial charge in [0.1, 0.15) is 5.02 Å². The number of isocyanates is 1. The Labute approximate surface area is 90.5 Å². The summed E-state index contributed by atoms with van der Waals surface area (Å²) in [5, 5.41) is 10.6. The lowest BCUT2D eigenvalue weighted by Crippen LogP contribution is -1.94. The summed E-state index contributed by atoms with van der Waals surface area (Å²) in [5.41, 5.74) is 0.358. The van der Waals surface area contributed by atoms with Crippen molar-refractivity contribution in [3.63, 3.8) is 0 Å². The van der Waals surface area contributed by atoms with E-state index in [0.717, 1.165) is 0 Å². The molecule has 0 aliphatic heterocycles. The number of rotatable bonds is 3. The molecule has 0 aliphatic rings. The Morgan fingerprint density at radius 1 is 1.60 bits per heavy atom. The van der Waals surface area contributed by atoms with E-state index in [0.29, 0.717) is 5.56 Å². The van der Waals surface area contributed by atoms with Gasteiger partial charge in [-0.1, -0.05) is 17.7 Å². The predicted molar refractivity (Wildman–Crippen MR) is 54.6 cm³/mol. The van der Waals surface area contributed by atoms with E-state index in [9.17, 15) is 14.9 Å². The Bertz CT molecular complexity index is 441.